The van der Waals surface area contributed by atoms with Crippen LogP contribution in [0, 0.1) is 0 Å². The lowest BCUT2D eigenvalue weighted by atomic mass is 10.1. The molecule has 5 nitrogen and oxygen atoms in total. The molecule has 0 unspecified atom stereocenters. The molecule has 1 aliphatic rings. The number of nitrogens with zero attached hydrogens (tertiary/aromatic N) is 3. The Morgan fingerprint density at radius 2 is 1.42 bits per heavy atom. The molecule has 0 bridgehead atoms. The van der Waals surface area contributed by atoms with E-state index < -0.39 is 17.6 Å². The number of alkyl halides is 3. The molecule has 0 aliphatic carbocycles. The topological polar surface area (TPSA) is 53.5 Å². The second-order valence-corrected chi connectivity index (χ2v) is 5.84. The highest BCUT2D eigenvalue weighted by Gasteiger charge is 2.36. The average Bonchev–Trinajstić information content (AvgIpc) is 2.67. The number of benzene rings is 1. The molecule has 3 rings (SSSR count). The van der Waals surface area contributed by atoms with Crippen LogP contribution in [0.25, 0.3) is 0 Å². The van der Waals surface area contributed by atoms with Gasteiger partial charge in [-0.2, -0.15) is 13.2 Å². The predicted octanol–water partition coefficient (Wildman–Crippen LogP) is 2.70. The Morgan fingerprint density at radius 3 is 2.00 bits per heavy atom. The predicted molar refractivity (Wildman–Crippen MR) is 87.5 cm³/mol. The Morgan fingerprint density at radius 1 is 0.846 bits per heavy atom. The van der Waals surface area contributed by atoms with E-state index in [1.165, 1.54) is 29.3 Å². The lowest BCUT2D eigenvalue weighted by molar-refractivity contribution is -0.138. The van der Waals surface area contributed by atoms with E-state index in [1.807, 2.05) is 0 Å². The number of carbonyl (C=O) groups is 2. The maximum Gasteiger partial charge on any atom is 0.417 e. The number of rotatable bonds is 2. The van der Waals surface area contributed by atoms with E-state index in [0.29, 0.717) is 5.69 Å². The number of hydrogen-bond acceptors (Lipinski definition) is 3. The van der Waals surface area contributed by atoms with Gasteiger partial charge >= 0.3 is 6.18 Å². The molecule has 1 aromatic heterocycles. The van der Waals surface area contributed by atoms with Crippen LogP contribution in [0.5, 0.6) is 0 Å². The molecular weight excluding hydrogens is 347 g/mol. The highest BCUT2D eigenvalue weighted by atomic mass is 19.4. The van der Waals surface area contributed by atoms with Crippen molar-refractivity contribution in [1.82, 2.24) is 14.8 Å². The molecule has 0 spiro atoms. The van der Waals surface area contributed by atoms with Crippen molar-refractivity contribution in [3.63, 3.8) is 0 Å². The van der Waals surface area contributed by atoms with Crippen molar-refractivity contribution in [1.29, 1.82) is 0 Å². The maximum atomic E-state index is 13.1. The van der Waals surface area contributed by atoms with E-state index in [1.54, 1.807) is 23.1 Å². The van der Waals surface area contributed by atoms with Crippen molar-refractivity contribution >= 4 is 11.8 Å². The lowest BCUT2D eigenvalue weighted by Gasteiger charge is -2.35. The zero-order valence-corrected chi connectivity index (χ0v) is 13.7. The zero-order valence-electron chi connectivity index (χ0n) is 13.7. The Kier molecular flexibility index (Phi) is 4.92. The van der Waals surface area contributed by atoms with Crippen molar-refractivity contribution in [2.24, 2.45) is 0 Å². The second-order valence-electron chi connectivity index (χ2n) is 5.84. The molecule has 2 aromatic rings. The van der Waals surface area contributed by atoms with Crippen LogP contribution in [-0.4, -0.2) is 52.8 Å². The fourth-order valence-electron chi connectivity index (χ4n) is 2.85. The van der Waals surface area contributed by atoms with E-state index in [9.17, 15) is 22.8 Å². The summed E-state index contributed by atoms with van der Waals surface area (Å²) in [7, 11) is 0. The summed E-state index contributed by atoms with van der Waals surface area (Å²) in [6, 6.07) is 9.73. The van der Waals surface area contributed by atoms with Crippen LogP contribution in [0.3, 0.4) is 0 Å². The standard InChI is InChI=1S/C18H16F3N3O2/c19-18(20,21)14-6-2-1-5-13(14)16(25)23-9-11-24(12-10-23)17(26)15-7-3-4-8-22-15/h1-8H,9-12H2. The summed E-state index contributed by atoms with van der Waals surface area (Å²) in [5.41, 5.74) is -1.02. The van der Waals surface area contributed by atoms with Crippen LogP contribution in [0.1, 0.15) is 26.4 Å². The summed E-state index contributed by atoms with van der Waals surface area (Å²) < 4.78 is 39.3. The summed E-state index contributed by atoms with van der Waals surface area (Å²) in [5.74, 6) is -0.934. The third-order valence-corrected chi connectivity index (χ3v) is 4.20. The van der Waals surface area contributed by atoms with Crippen molar-refractivity contribution < 1.29 is 22.8 Å². The van der Waals surface area contributed by atoms with Gasteiger partial charge in [0.25, 0.3) is 11.8 Å². The minimum absolute atomic E-state index is 0.170. The summed E-state index contributed by atoms with van der Waals surface area (Å²) in [5, 5.41) is 0. The molecule has 1 aromatic carbocycles. The molecule has 26 heavy (non-hydrogen) atoms. The number of amides is 2. The fraction of sp³-hybridized carbons (Fsp3) is 0.278. The van der Waals surface area contributed by atoms with Gasteiger partial charge in [0, 0.05) is 32.4 Å². The van der Waals surface area contributed by atoms with Crippen molar-refractivity contribution in [3.8, 4) is 0 Å². The quantitative estimate of drug-likeness (QED) is 0.824. The lowest BCUT2D eigenvalue weighted by Crippen LogP contribution is -2.51. The molecule has 2 amide bonds. The van der Waals surface area contributed by atoms with Gasteiger partial charge in [-0.05, 0) is 24.3 Å². The number of hydrogen-bond donors (Lipinski definition) is 0. The molecule has 0 radical (unpaired) electrons. The minimum Gasteiger partial charge on any atom is -0.335 e. The maximum absolute atomic E-state index is 13.1. The first kappa shape index (κ1) is 17.9. The van der Waals surface area contributed by atoms with Crippen molar-refractivity contribution in [2.75, 3.05) is 26.2 Å². The van der Waals surface area contributed by atoms with E-state index >= 15 is 0 Å². The first-order valence-electron chi connectivity index (χ1n) is 8.04. The van der Waals surface area contributed by atoms with Crippen LogP contribution < -0.4 is 0 Å². The van der Waals surface area contributed by atoms with Gasteiger partial charge in [-0.1, -0.05) is 18.2 Å². The molecule has 2 heterocycles. The van der Waals surface area contributed by atoms with Crippen LogP contribution in [0.15, 0.2) is 48.7 Å². The smallest absolute Gasteiger partial charge is 0.335 e. The molecule has 1 fully saturated rings. The largest absolute Gasteiger partial charge is 0.417 e. The Bertz CT molecular complexity index is 801. The van der Waals surface area contributed by atoms with Crippen LogP contribution in [0.4, 0.5) is 13.2 Å². The van der Waals surface area contributed by atoms with Gasteiger partial charge in [-0.25, -0.2) is 0 Å². The number of piperazine rings is 1. The average molecular weight is 363 g/mol. The molecule has 1 aliphatic heterocycles. The van der Waals surface area contributed by atoms with Crippen LogP contribution >= 0.6 is 0 Å². The molecule has 0 saturated carbocycles. The number of carbonyl (C=O) groups excluding carboxylic acids is 2. The molecule has 0 N–H and O–H groups in total. The number of aromatic nitrogens is 1. The van der Waals surface area contributed by atoms with E-state index in [0.717, 1.165) is 6.07 Å². The van der Waals surface area contributed by atoms with E-state index in [2.05, 4.69) is 4.98 Å². The number of halogens is 3. The third-order valence-electron chi connectivity index (χ3n) is 4.20. The monoisotopic (exact) mass is 363 g/mol. The Hall–Kier alpha value is -2.90. The second kappa shape index (κ2) is 7.15. The SMILES string of the molecule is O=C(c1ccccn1)N1CCN(C(=O)c2ccccc2C(F)(F)F)CC1. The normalized spacial score (nSPS) is 15.0. The minimum atomic E-state index is -4.59. The summed E-state index contributed by atoms with van der Waals surface area (Å²) >= 11 is 0. The molecule has 8 heteroatoms. The van der Waals surface area contributed by atoms with Crippen LogP contribution in [-0.2, 0) is 6.18 Å². The Labute approximate surface area is 148 Å². The van der Waals surface area contributed by atoms with Crippen LogP contribution in [0.2, 0.25) is 0 Å². The van der Waals surface area contributed by atoms with E-state index in [-0.39, 0.29) is 37.6 Å². The molecule has 136 valence electrons. The number of pyridine rings is 1. The highest BCUT2D eigenvalue weighted by Crippen LogP contribution is 2.32. The highest BCUT2D eigenvalue weighted by molar-refractivity contribution is 5.96. The van der Waals surface area contributed by atoms with E-state index in [4.69, 9.17) is 0 Å². The molecular formula is C18H16F3N3O2. The van der Waals surface area contributed by atoms with Gasteiger partial charge in [0.1, 0.15) is 5.69 Å². The van der Waals surface area contributed by atoms with Crippen molar-refractivity contribution in [2.45, 2.75) is 6.18 Å². The van der Waals surface area contributed by atoms with Gasteiger partial charge < -0.3 is 9.80 Å². The summed E-state index contributed by atoms with van der Waals surface area (Å²) in [6.07, 6.45) is -3.08. The van der Waals surface area contributed by atoms with Crippen molar-refractivity contribution in [3.05, 3.63) is 65.5 Å². The summed E-state index contributed by atoms with van der Waals surface area (Å²) in [4.78, 5) is 31.7. The van der Waals surface area contributed by atoms with Gasteiger partial charge in [0.05, 0.1) is 11.1 Å². The van der Waals surface area contributed by atoms with Gasteiger partial charge in [-0.15, -0.1) is 0 Å². The molecule has 1 saturated heterocycles. The van der Waals surface area contributed by atoms with Gasteiger partial charge in [0.2, 0.25) is 0 Å². The van der Waals surface area contributed by atoms with Gasteiger partial charge in [0.15, 0.2) is 0 Å². The first-order chi connectivity index (χ1) is 12.4. The zero-order chi connectivity index (χ0) is 18.7. The summed E-state index contributed by atoms with van der Waals surface area (Å²) in [6.45, 7) is 0.831. The fourth-order valence-corrected chi connectivity index (χ4v) is 2.85. The molecule has 0 atom stereocenters. The third kappa shape index (κ3) is 3.68. The first-order valence-corrected chi connectivity index (χ1v) is 8.04. The Balaban J connectivity index is 1.69. The van der Waals surface area contributed by atoms with Gasteiger partial charge in [-0.3, -0.25) is 14.6 Å².